The van der Waals surface area contributed by atoms with E-state index >= 15 is 0 Å². The molecule has 0 spiro atoms. The van der Waals surface area contributed by atoms with Crippen molar-refractivity contribution in [2.45, 2.75) is 39.5 Å². The number of hydrogen-bond acceptors (Lipinski definition) is 4. The maximum Gasteiger partial charge on any atom is 0.131 e. The van der Waals surface area contributed by atoms with Crippen LogP contribution >= 0.6 is 27.3 Å². The first kappa shape index (κ1) is 15.5. The van der Waals surface area contributed by atoms with Crippen LogP contribution in [0.2, 0.25) is 0 Å². The molecule has 0 aliphatic rings. The Kier molecular flexibility index (Phi) is 5.18. The fourth-order valence-corrected chi connectivity index (χ4v) is 2.65. The SMILES string of the molecule is CC(C)(C)NCc1nc(COc2cccc(Br)c2)cs1. The van der Waals surface area contributed by atoms with Crippen LogP contribution in [0.5, 0.6) is 5.75 Å². The molecule has 1 aromatic carbocycles. The first-order valence-electron chi connectivity index (χ1n) is 6.49. The number of nitrogens with zero attached hydrogens (tertiary/aromatic N) is 1. The molecule has 5 heteroatoms. The normalized spacial score (nSPS) is 11.6. The first-order chi connectivity index (χ1) is 9.42. The number of hydrogen-bond donors (Lipinski definition) is 1. The highest BCUT2D eigenvalue weighted by Gasteiger charge is 2.10. The van der Waals surface area contributed by atoms with Crippen LogP contribution in [0.25, 0.3) is 0 Å². The number of aromatic nitrogens is 1. The molecule has 0 aliphatic carbocycles. The topological polar surface area (TPSA) is 34.2 Å². The molecule has 1 aromatic heterocycles. The summed E-state index contributed by atoms with van der Waals surface area (Å²) >= 11 is 5.10. The van der Waals surface area contributed by atoms with Crippen molar-refractivity contribution in [3.63, 3.8) is 0 Å². The summed E-state index contributed by atoms with van der Waals surface area (Å²) in [5.74, 6) is 0.849. The van der Waals surface area contributed by atoms with Crippen LogP contribution in [0.3, 0.4) is 0 Å². The van der Waals surface area contributed by atoms with Gasteiger partial charge in [0.05, 0.1) is 5.69 Å². The average molecular weight is 355 g/mol. The summed E-state index contributed by atoms with van der Waals surface area (Å²) in [6.07, 6.45) is 0. The maximum atomic E-state index is 5.73. The van der Waals surface area contributed by atoms with E-state index < -0.39 is 0 Å². The van der Waals surface area contributed by atoms with Crippen molar-refractivity contribution in [3.8, 4) is 5.75 Å². The molecule has 0 unspecified atom stereocenters. The summed E-state index contributed by atoms with van der Waals surface area (Å²) in [4.78, 5) is 4.57. The van der Waals surface area contributed by atoms with Crippen LogP contribution in [-0.4, -0.2) is 10.5 Å². The van der Waals surface area contributed by atoms with Crippen LogP contribution in [-0.2, 0) is 13.2 Å². The van der Waals surface area contributed by atoms with Gasteiger partial charge in [0.1, 0.15) is 17.4 Å². The molecule has 2 aromatic rings. The second kappa shape index (κ2) is 6.70. The van der Waals surface area contributed by atoms with Crippen molar-refractivity contribution in [3.05, 3.63) is 44.8 Å². The fourth-order valence-electron chi connectivity index (χ4n) is 1.55. The third-order valence-corrected chi connectivity index (χ3v) is 3.94. The first-order valence-corrected chi connectivity index (χ1v) is 8.16. The van der Waals surface area contributed by atoms with E-state index in [1.165, 1.54) is 0 Å². The lowest BCUT2D eigenvalue weighted by Gasteiger charge is -2.19. The monoisotopic (exact) mass is 354 g/mol. The number of nitrogens with one attached hydrogen (secondary N) is 1. The molecular formula is C15H19BrN2OS. The minimum absolute atomic E-state index is 0.110. The van der Waals surface area contributed by atoms with E-state index in [9.17, 15) is 0 Å². The minimum atomic E-state index is 0.110. The quantitative estimate of drug-likeness (QED) is 0.865. The predicted octanol–water partition coefficient (Wildman–Crippen LogP) is 4.37. The van der Waals surface area contributed by atoms with Gasteiger partial charge in [0.2, 0.25) is 0 Å². The highest BCUT2D eigenvalue weighted by Crippen LogP contribution is 2.19. The molecule has 0 saturated heterocycles. The third-order valence-electron chi connectivity index (χ3n) is 2.55. The molecular weight excluding hydrogens is 336 g/mol. The minimum Gasteiger partial charge on any atom is -0.487 e. The Labute approximate surface area is 132 Å². The van der Waals surface area contributed by atoms with Crippen molar-refractivity contribution < 1.29 is 4.74 Å². The molecule has 0 amide bonds. The smallest absolute Gasteiger partial charge is 0.131 e. The van der Waals surface area contributed by atoms with E-state index in [4.69, 9.17) is 4.74 Å². The van der Waals surface area contributed by atoms with E-state index in [2.05, 4.69) is 52.4 Å². The van der Waals surface area contributed by atoms with Crippen molar-refractivity contribution in [1.29, 1.82) is 0 Å². The van der Waals surface area contributed by atoms with Gasteiger partial charge in [0, 0.05) is 21.9 Å². The Morgan fingerprint density at radius 3 is 2.85 bits per heavy atom. The molecule has 0 aliphatic heterocycles. The van der Waals surface area contributed by atoms with E-state index in [-0.39, 0.29) is 5.54 Å². The van der Waals surface area contributed by atoms with Crippen LogP contribution in [0.4, 0.5) is 0 Å². The summed E-state index contributed by atoms with van der Waals surface area (Å²) in [6, 6.07) is 7.83. The maximum absolute atomic E-state index is 5.73. The van der Waals surface area contributed by atoms with E-state index in [1.807, 2.05) is 24.3 Å². The lowest BCUT2D eigenvalue weighted by molar-refractivity contribution is 0.301. The zero-order valence-corrected chi connectivity index (χ0v) is 14.3. The van der Waals surface area contributed by atoms with Gasteiger partial charge < -0.3 is 10.1 Å². The third kappa shape index (κ3) is 5.23. The Bertz CT molecular complexity index is 563. The van der Waals surface area contributed by atoms with Gasteiger partial charge in [-0.15, -0.1) is 11.3 Å². The molecule has 2 rings (SSSR count). The number of thiazole rings is 1. The van der Waals surface area contributed by atoms with Gasteiger partial charge in [-0.1, -0.05) is 22.0 Å². The summed E-state index contributed by atoms with van der Waals surface area (Å²) in [5.41, 5.74) is 1.08. The summed E-state index contributed by atoms with van der Waals surface area (Å²) in [7, 11) is 0. The van der Waals surface area contributed by atoms with Gasteiger partial charge in [0.25, 0.3) is 0 Å². The highest BCUT2D eigenvalue weighted by molar-refractivity contribution is 9.10. The number of rotatable bonds is 5. The zero-order chi connectivity index (χ0) is 14.6. The van der Waals surface area contributed by atoms with Crippen LogP contribution < -0.4 is 10.1 Å². The Balaban J connectivity index is 1.87. The molecule has 108 valence electrons. The van der Waals surface area contributed by atoms with E-state index in [0.717, 1.165) is 27.5 Å². The van der Waals surface area contributed by atoms with Crippen LogP contribution in [0, 0.1) is 0 Å². The Hall–Kier alpha value is -0.910. The Morgan fingerprint density at radius 1 is 1.35 bits per heavy atom. The standard InChI is InChI=1S/C15H19BrN2OS/c1-15(2,3)17-8-14-18-12(10-20-14)9-19-13-6-4-5-11(16)7-13/h4-7,10,17H,8-9H2,1-3H3. The van der Waals surface area contributed by atoms with Crippen LogP contribution in [0.1, 0.15) is 31.5 Å². The van der Waals surface area contributed by atoms with Gasteiger partial charge in [-0.25, -0.2) is 4.98 Å². The van der Waals surface area contributed by atoms with Crippen LogP contribution in [0.15, 0.2) is 34.1 Å². The Morgan fingerprint density at radius 2 is 2.15 bits per heavy atom. The van der Waals surface area contributed by atoms with Gasteiger partial charge in [-0.05, 0) is 39.0 Å². The fraction of sp³-hybridized carbons (Fsp3) is 0.400. The highest BCUT2D eigenvalue weighted by atomic mass is 79.9. The second-order valence-corrected chi connectivity index (χ2v) is 7.44. The largest absolute Gasteiger partial charge is 0.487 e. The summed E-state index contributed by atoms with van der Waals surface area (Å²) < 4.78 is 6.74. The van der Waals surface area contributed by atoms with Crippen molar-refractivity contribution in [2.75, 3.05) is 0 Å². The van der Waals surface area contributed by atoms with Crippen molar-refractivity contribution in [2.24, 2.45) is 0 Å². The summed E-state index contributed by atoms with van der Waals surface area (Å²) in [6.45, 7) is 7.75. The molecule has 0 radical (unpaired) electrons. The van der Waals surface area contributed by atoms with Gasteiger partial charge in [-0.2, -0.15) is 0 Å². The van der Waals surface area contributed by atoms with E-state index in [1.54, 1.807) is 11.3 Å². The van der Waals surface area contributed by atoms with Gasteiger partial charge in [-0.3, -0.25) is 0 Å². The van der Waals surface area contributed by atoms with Gasteiger partial charge >= 0.3 is 0 Å². The molecule has 1 heterocycles. The molecule has 0 bridgehead atoms. The molecule has 3 nitrogen and oxygen atoms in total. The zero-order valence-electron chi connectivity index (χ0n) is 11.9. The second-order valence-electron chi connectivity index (χ2n) is 5.58. The number of ether oxygens (including phenoxy) is 1. The molecule has 1 N–H and O–H groups in total. The van der Waals surface area contributed by atoms with E-state index in [0.29, 0.717) is 6.61 Å². The lowest BCUT2D eigenvalue weighted by Crippen LogP contribution is -2.35. The molecule has 0 saturated carbocycles. The molecule has 0 atom stereocenters. The van der Waals surface area contributed by atoms with Crippen molar-refractivity contribution in [1.82, 2.24) is 10.3 Å². The average Bonchev–Trinajstić information content (AvgIpc) is 2.81. The number of halogens is 1. The van der Waals surface area contributed by atoms with Crippen molar-refractivity contribution >= 4 is 27.3 Å². The summed E-state index contributed by atoms with van der Waals surface area (Å²) in [5, 5.41) is 6.58. The lowest BCUT2D eigenvalue weighted by atomic mass is 10.1. The molecule has 0 fully saturated rings. The predicted molar refractivity (Wildman–Crippen MR) is 87.2 cm³/mol. The number of benzene rings is 1. The van der Waals surface area contributed by atoms with Gasteiger partial charge in [0.15, 0.2) is 0 Å². The molecule has 20 heavy (non-hydrogen) atoms.